The number of nitrogens with one attached hydrogen (secondary N) is 1. The molecular weight excluding hydrogens is 236 g/mol. The van der Waals surface area contributed by atoms with Crippen molar-refractivity contribution in [3.63, 3.8) is 0 Å². The molecule has 17 heavy (non-hydrogen) atoms. The zero-order chi connectivity index (χ0) is 12.8. The largest absolute Gasteiger partial charge is 0.462 e. The van der Waals surface area contributed by atoms with Gasteiger partial charge in [-0.05, 0) is 13.0 Å². The van der Waals surface area contributed by atoms with Crippen molar-refractivity contribution in [2.75, 3.05) is 26.0 Å². The van der Waals surface area contributed by atoms with Crippen LogP contribution in [0.5, 0.6) is 0 Å². The van der Waals surface area contributed by atoms with E-state index in [-0.39, 0.29) is 5.97 Å². The van der Waals surface area contributed by atoms with E-state index in [0.717, 1.165) is 15.4 Å². The van der Waals surface area contributed by atoms with Crippen molar-refractivity contribution >= 4 is 41.9 Å². The quantitative estimate of drug-likeness (QED) is 0.638. The van der Waals surface area contributed by atoms with Gasteiger partial charge in [0, 0.05) is 30.1 Å². The molecule has 0 aromatic carbocycles. The molecule has 0 aliphatic heterocycles. The Labute approximate surface area is 104 Å². The van der Waals surface area contributed by atoms with Gasteiger partial charge in [-0.3, -0.25) is 4.99 Å². The van der Waals surface area contributed by atoms with Gasteiger partial charge in [-0.15, -0.1) is 11.3 Å². The fraction of sp³-hybridized carbons (Fsp3) is 0.333. The molecule has 0 saturated carbocycles. The van der Waals surface area contributed by atoms with E-state index in [9.17, 15) is 4.79 Å². The van der Waals surface area contributed by atoms with Gasteiger partial charge in [-0.1, -0.05) is 6.58 Å². The lowest BCUT2D eigenvalue weighted by Gasteiger charge is -2.02. The predicted octanol–water partition coefficient (Wildman–Crippen LogP) is 0.858. The van der Waals surface area contributed by atoms with Crippen LogP contribution < -0.4 is 15.1 Å². The third-order valence-electron chi connectivity index (χ3n) is 2.12. The Morgan fingerprint density at radius 3 is 2.88 bits per heavy atom. The number of thiophene rings is 1. The minimum absolute atomic E-state index is 0.320. The summed E-state index contributed by atoms with van der Waals surface area (Å²) in [6.07, 6.45) is 3.50. The first-order valence-corrected chi connectivity index (χ1v) is 6.06. The highest BCUT2D eigenvalue weighted by molar-refractivity contribution is 7.12. The third kappa shape index (κ3) is 2.94. The number of ether oxygens (including phenoxy) is 1. The van der Waals surface area contributed by atoms with E-state index in [4.69, 9.17) is 4.74 Å². The maximum atomic E-state index is 11.7. The first-order chi connectivity index (χ1) is 8.15. The lowest BCUT2D eigenvalue weighted by atomic mass is 10.3. The monoisotopic (exact) mass is 252 g/mol. The second kappa shape index (κ2) is 6.20. The molecule has 0 radical (unpaired) electrons. The van der Waals surface area contributed by atoms with Gasteiger partial charge in [-0.25, -0.2) is 4.79 Å². The summed E-state index contributed by atoms with van der Waals surface area (Å²) in [6.45, 7) is 6.07. The summed E-state index contributed by atoms with van der Waals surface area (Å²) in [5.41, 5.74) is 0.748. The van der Waals surface area contributed by atoms with Gasteiger partial charge in [0.05, 0.1) is 12.3 Å². The Kier molecular flexibility index (Phi) is 4.90. The van der Waals surface area contributed by atoms with Crippen molar-refractivity contribution < 1.29 is 9.53 Å². The molecular formula is C12H16N2O2S. The lowest BCUT2D eigenvalue weighted by Crippen LogP contribution is -2.20. The van der Waals surface area contributed by atoms with Crippen LogP contribution in [0.4, 0.5) is 5.69 Å². The van der Waals surface area contributed by atoms with Gasteiger partial charge < -0.3 is 10.1 Å². The van der Waals surface area contributed by atoms with Gasteiger partial charge in [0.15, 0.2) is 0 Å². The van der Waals surface area contributed by atoms with E-state index in [0.29, 0.717) is 11.5 Å². The molecule has 0 atom stereocenters. The number of carbonyl (C=O) groups excluding carboxylic acids is 1. The highest BCUT2D eigenvalue weighted by Crippen LogP contribution is 2.14. The van der Waals surface area contributed by atoms with Crippen LogP contribution in [0, 0.1) is 0 Å². The average Bonchev–Trinajstić information content (AvgIpc) is 2.63. The zero-order valence-electron chi connectivity index (χ0n) is 10.2. The summed E-state index contributed by atoms with van der Waals surface area (Å²) in [4.78, 5) is 16.2. The Hall–Kier alpha value is -1.62. The van der Waals surface area contributed by atoms with Crippen molar-refractivity contribution in [2.24, 2.45) is 4.99 Å². The van der Waals surface area contributed by atoms with E-state index in [1.54, 1.807) is 27.2 Å². The molecule has 0 fully saturated rings. The van der Waals surface area contributed by atoms with Crippen LogP contribution in [0.1, 0.15) is 16.6 Å². The zero-order valence-corrected chi connectivity index (χ0v) is 11.1. The van der Waals surface area contributed by atoms with E-state index in [1.807, 2.05) is 6.08 Å². The van der Waals surface area contributed by atoms with Crippen LogP contribution in [0.3, 0.4) is 0 Å². The number of carbonyl (C=O) groups is 1. The Morgan fingerprint density at radius 1 is 1.65 bits per heavy atom. The topological polar surface area (TPSA) is 50.7 Å². The smallest absolute Gasteiger partial charge is 0.350 e. The summed E-state index contributed by atoms with van der Waals surface area (Å²) >= 11 is 1.32. The molecule has 92 valence electrons. The Bertz CT molecular complexity index is 531. The molecule has 0 saturated heterocycles. The molecule has 1 aromatic heterocycles. The minimum atomic E-state index is -0.320. The molecule has 1 heterocycles. The first kappa shape index (κ1) is 13.4. The molecule has 0 unspecified atom stereocenters. The highest BCUT2D eigenvalue weighted by atomic mass is 32.1. The van der Waals surface area contributed by atoms with Gasteiger partial charge in [-0.2, -0.15) is 0 Å². The molecule has 0 bridgehead atoms. The van der Waals surface area contributed by atoms with E-state index in [2.05, 4.69) is 16.9 Å². The number of nitrogens with zero attached hydrogens (tertiary/aromatic N) is 1. The second-order valence-corrected chi connectivity index (χ2v) is 4.29. The fourth-order valence-corrected chi connectivity index (χ4v) is 2.39. The van der Waals surface area contributed by atoms with Crippen LogP contribution in [0.15, 0.2) is 4.99 Å². The van der Waals surface area contributed by atoms with Crippen LogP contribution >= 0.6 is 11.3 Å². The number of hydrogen-bond donors (Lipinski definition) is 1. The predicted molar refractivity (Wildman–Crippen MR) is 73.5 cm³/mol. The van der Waals surface area contributed by atoms with Crippen molar-refractivity contribution in [3.05, 3.63) is 14.6 Å². The number of anilines is 1. The molecule has 0 spiro atoms. The van der Waals surface area contributed by atoms with Crippen LogP contribution in [-0.2, 0) is 4.74 Å². The average molecular weight is 252 g/mol. The normalized spacial score (nSPS) is 12.1. The summed E-state index contributed by atoms with van der Waals surface area (Å²) in [5.74, 6) is -0.320. The van der Waals surface area contributed by atoms with Crippen LogP contribution in [0.25, 0.3) is 12.7 Å². The molecule has 0 aliphatic rings. The Balaban J connectivity index is 3.36. The summed E-state index contributed by atoms with van der Waals surface area (Å²) in [7, 11) is 3.46. The fourth-order valence-electron chi connectivity index (χ4n) is 1.40. The summed E-state index contributed by atoms with van der Waals surface area (Å²) in [5, 5.41) is 3.89. The maximum Gasteiger partial charge on any atom is 0.350 e. The van der Waals surface area contributed by atoms with Gasteiger partial charge in [0.2, 0.25) is 0 Å². The molecule has 0 amide bonds. The highest BCUT2D eigenvalue weighted by Gasteiger charge is 2.16. The van der Waals surface area contributed by atoms with Crippen LogP contribution in [0.2, 0.25) is 0 Å². The van der Waals surface area contributed by atoms with Crippen LogP contribution in [-0.4, -0.2) is 32.9 Å². The minimum Gasteiger partial charge on any atom is -0.462 e. The van der Waals surface area contributed by atoms with Crippen molar-refractivity contribution in [1.82, 2.24) is 0 Å². The molecule has 1 N–H and O–H groups in total. The number of aliphatic imine (C=N–C) groups is 1. The summed E-state index contributed by atoms with van der Waals surface area (Å²) < 4.78 is 5.82. The Morgan fingerprint density at radius 2 is 2.35 bits per heavy atom. The van der Waals surface area contributed by atoms with Crippen molar-refractivity contribution in [1.29, 1.82) is 0 Å². The van der Waals surface area contributed by atoms with E-state index in [1.165, 1.54) is 11.3 Å². The number of esters is 1. The second-order valence-electron chi connectivity index (χ2n) is 3.19. The molecule has 1 rings (SSSR count). The number of hydrogen-bond acceptors (Lipinski definition) is 5. The third-order valence-corrected chi connectivity index (χ3v) is 3.16. The van der Waals surface area contributed by atoms with Crippen molar-refractivity contribution in [3.8, 4) is 0 Å². The lowest BCUT2D eigenvalue weighted by molar-refractivity contribution is 0.0533. The number of rotatable bonds is 4. The van der Waals surface area contributed by atoms with Gasteiger partial charge >= 0.3 is 5.97 Å². The maximum absolute atomic E-state index is 11.7. The van der Waals surface area contributed by atoms with E-state index >= 15 is 0 Å². The standard InChI is InChI=1S/C12H16N2O2S/c1-5-16-12(15)11-10(14-4)9(6-7-13-3)8(2)17-11/h6-7,14H,2,5H2,1,3-4H3/b9-6+,13-7?. The molecule has 0 aliphatic carbocycles. The van der Waals surface area contributed by atoms with Gasteiger partial charge in [0.1, 0.15) is 4.88 Å². The molecule has 5 heteroatoms. The van der Waals surface area contributed by atoms with Gasteiger partial charge in [0.25, 0.3) is 0 Å². The van der Waals surface area contributed by atoms with Crippen molar-refractivity contribution in [2.45, 2.75) is 6.92 Å². The first-order valence-electron chi connectivity index (χ1n) is 5.24. The molecule has 1 aromatic rings. The summed E-state index contributed by atoms with van der Waals surface area (Å²) in [6, 6.07) is 0. The van der Waals surface area contributed by atoms with E-state index < -0.39 is 0 Å². The SMILES string of the molecule is C=c1sc(C(=O)OCC)c(NC)/c1=C/C=NC. The molecule has 4 nitrogen and oxygen atoms in total.